The van der Waals surface area contributed by atoms with Gasteiger partial charge in [0.25, 0.3) is 0 Å². The molecular formula is C36H42O8. The van der Waals surface area contributed by atoms with Crippen LogP contribution in [0.5, 0.6) is 46.0 Å². The van der Waals surface area contributed by atoms with Crippen LogP contribution in [-0.2, 0) is 0 Å². The summed E-state index contributed by atoms with van der Waals surface area (Å²) in [7, 11) is 3.27. The van der Waals surface area contributed by atoms with Gasteiger partial charge in [-0.2, -0.15) is 0 Å². The molecule has 234 valence electrons. The molecule has 4 rings (SSSR count). The first-order valence-corrected chi connectivity index (χ1v) is 14.9. The Hall–Kier alpha value is -4.72. The summed E-state index contributed by atoms with van der Waals surface area (Å²) in [6.07, 6.45) is -0.665. The molecule has 0 heterocycles. The number of hydrogen-bond acceptors (Lipinski definition) is 8. The standard InChI is InChI=1S/C36H42O8/c1-6-39-29-12-14-31(15-13-29)41-25-35(43-33-18-8-27(37-4)9-19-33)24-36(44-34-20-10-28(38-5)11-21-34)26(3)42-32-22-16-30(17-23-32)40-7-2/h8-23,26,35-36H,6-7,24-25H2,1-5H3. The van der Waals surface area contributed by atoms with Gasteiger partial charge in [-0.1, -0.05) is 0 Å². The van der Waals surface area contributed by atoms with E-state index < -0.39 is 6.10 Å². The zero-order valence-electron chi connectivity index (χ0n) is 26.1. The van der Waals surface area contributed by atoms with Crippen LogP contribution >= 0.6 is 0 Å². The molecule has 8 nitrogen and oxygen atoms in total. The molecule has 0 aliphatic carbocycles. The molecule has 0 saturated heterocycles. The van der Waals surface area contributed by atoms with E-state index in [1.807, 2.05) is 118 Å². The highest BCUT2D eigenvalue weighted by Gasteiger charge is 2.28. The third-order valence-electron chi connectivity index (χ3n) is 6.76. The highest BCUT2D eigenvalue weighted by molar-refractivity contribution is 5.34. The van der Waals surface area contributed by atoms with Gasteiger partial charge in [-0.05, 0) is 118 Å². The van der Waals surface area contributed by atoms with E-state index >= 15 is 0 Å². The maximum absolute atomic E-state index is 6.53. The molecule has 44 heavy (non-hydrogen) atoms. The summed E-state index contributed by atoms with van der Waals surface area (Å²) < 4.78 is 47.4. The molecule has 0 aliphatic heterocycles. The molecule has 0 radical (unpaired) electrons. The monoisotopic (exact) mass is 602 g/mol. The zero-order valence-corrected chi connectivity index (χ0v) is 26.1. The lowest BCUT2D eigenvalue weighted by molar-refractivity contribution is 0.0184. The zero-order chi connectivity index (χ0) is 31.1. The molecule has 4 aromatic rings. The van der Waals surface area contributed by atoms with Crippen molar-refractivity contribution in [3.63, 3.8) is 0 Å². The maximum atomic E-state index is 6.53. The largest absolute Gasteiger partial charge is 0.497 e. The maximum Gasteiger partial charge on any atom is 0.139 e. The van der Waals surface area contributed by atoms with E-state index in [9.17, 15) is 0 Å². The van der Waals surface area contributed by atoms with Gasteiger partial charge in [0.05, 0.1) is 27.4 Å². The molecule has 0 N–H and O–H groups in total. The topological polar surface area (TPSA) is 73.8 Å². The second-order valence-electron chi connectivity index (χ2n) is 9.93. The summed E-state index contributed by atoms with van der Waals surface area (Å²) in [6, 6.07) is 30.1. The lowest BCUT2D eigenvalue weighted by atomic mass is 10.1. The van der Waals surface area contributed by atoms with Crippen molar-refractivity contribution < 1.29 is 37.9 Å². The second-order valence-corrected chi connectivity index (χ2v) is 9.93. The Morgan fingerprint density at radius 3 is 1.25 bits per heavy atom. The van der Waals surface area contributed by atoms with Crippen LogP contribution in [0.2, 0.25) is 0 Å². The molecule has 0 fully saturated rings. The average molecular weight is 603 g/mol. The number of rotatable bonds is 18. The normalized spacial score (nSPS) is 12.8. The van der Waals surface area contributed by atoms with Gasteiger partial charge in [0.1, 0.15) is 70.9 Å². The molecule has 8 heteroatoms. The van der Waals surface area contributed by atoms with Crippen molar-refractivity contribution in [3.05, 3.63) is 97.1 Å². The van der Waals surface area contributed by atoms with Crippen LogP contribution in [0.3, 0.4) is 0 Å². The number of hydrogen-bond donors (Lipinski definition) is 0. The Balaban J connectivity index is 1.55. The molecule has 0 amide bonds. The smallest absolute Gasteiger partial charge is 0.139 e. The van der Waals surface area contributed by atoms with Gasteiger partial charge < -0.3 is 37.9 Å². The molecule has 4 aromatic carbocycles. The van der Waals surface area contributed by atoms with Gasteiger partial charge in [0.15, 0.2) is 0 Å². The third kappa shape index (κ3) is 9.93. The molecule has 3 unspecified atom stereocenters. The number of methoxy groups -OCH3 is 2. The van der Waals surface area contributed by atoms with E-state index in [4.69, 9.17) is 37.9 Å². The Morgan fingerprint density at radius 2 is 0.818 bits per heavy atom. The third-order valence-corrected chi connectivity index (χ3v) is 6.76. The van der Waals surface area contributed by atoms with Crippen LogP contribution in [0, 0.1) is 0 Å². The van der Waals surface area contributed by atoms with Gasteiger partial charge >= 0.3 is 0 Å². The molecule has 0 spiro atoms. The first-order valence-electron chi connectivity index (χ1n) is 14.9. The Kier molecular flexibility index (Phi) is 12.3. The van der Waals surface area contributed by atoms with E-state index in [2.05, 4.69) is 0 Å². The van der Waals surface area contributed by atoms with Crippen LogP contribution in [0.25, 0.3) is 0 Å². The van der Waals surface area contributed by atoms with Gasteiger partial charge in [-0.3, -0.25) is 0 Å². The summed E-state index contributed by atoms with van der Waals surface area (Å²) >= 11 is 0. The summed E-state index contributed by atoms with van der Waals surface area (Å²) in [5.74, 6) is 5.88. The first kappa shape index (κ1) is 32.2. The summed E-state index contributed by atoms with van der Waals surface area (Å²) in [5, 5.41) is 0. The SMILES string of the molecule is CCOc1ccc(OCC(CC(Oc2ccc(OC)cc2)C(C)Oc2ccc(OCC)cc2)Oc2ccc(OC)cc2)cc1. The highest BCUT2D eigenvalue weighted by Crippen LogP contribution is 2.27. The minimum atomic E-state index is -0.401. The number of ether oxygens (including phenoxy) is 8. The summed E-state index contributed by atoms with van der Waals surface area (Å²) in [6.45, 7) is 7.38. The van der Waals surface area contributed by atoms with Crippen molar-refractivity contribution in [2.75, 3.05) is 34.0 Å². The Morgan fingerprint density at radius 1 is 0.455 bits per heavy atom. The van der Waals surface area contributed by atoms with Crippen LogP contribution in [0.1, 0.15) is 27.2 Å². The predicted molar refractivity (Wildman–Crippen MR) is 170 cm³/mol. The molecular weight excluding hydrogens is 560 g/mol. The van der Waals surface area contributed by atoms with Crippen LogP contribution in [0.4, 0.5) is 0 Å². The van der Waals surface area contributed by atoms with Crippen LogP contribution in [0.15, 0.2) is 97.1 Å². The minimum absolute atomic E-state index is 0.276. The van der Waals surface area contributed by atoms with Gasteiger partial charge in [0.2, 0.25) is 0 Å². The van der Waals surface area contributed by atoms with Gasteiger partial charge in [-0.15, -0.1) is 0 Å². The Bertz CT molecular complexity index is 1360. The molecule has 0 aromatic heterocycles. The minimum Gasteiger partial charge on any atom is -0.497 e. The summed E-state index contributed by atoms with van der Waals surface area (Å²) in [4.78, 5) is 0. The van der Waals surface area contributed by atoms with E-state index in [0.29, 0.717) is 42.6 Å². The molecule has 0 aliphatic rings. The van der Waals surface area contributed by atoms with E-state index in [0.717, 1.165) is 23.0 Å². The van der Waals surface area contributed by atoms with E-state index in [1.165, 1.54) is 0 Å². The van der Waals surface area contributed by atoms with Crippen molar-refractivity contribution in [2.24, 2.45) is 0 Å². The second kappa shape index (κ2) is 16.8. The Labute approximate surface area is 260 Å². The van der Waals surface area contributed by atoms with E-state index in [-0.39, 0.29) is 18.8 Å². The van der Waals surface area contributed by atoms with Crippen LogP contribution in [-0.4, -0.2) is 52.4 Å². The quantitative estimate of drug-likeness (QED) is 0.115. The first-order chi connectivity index (χ1) is 21.5. The fourth-order valence-electron chi connectivity index (χ4n) is 4.48. The summed E-state index contributed by atoms with van der Waals surface area (Å²) in [5.41, 5.74) is 0. The number of benzene rings is 4. The van der Waals surface area contributed by atoms with Crippen molar-refractivity contribution in [1.82, 2.24) is 0 Å². The fourth-order valence-corrected chi connectivity index (χ4v) is 4.48. The van der Waals surface area contributed by atoms with Crippen molar-refractivity contribution in [3.8, 4) is 46.0 Å². The predicted octanol–water partition coefficient (Wildman–Crippen LogP) is 7.63. The van der Waals surface area contributed by atoms with E-state index in [1.54, 1.807) is 14.2 Å². The molecule has 0 saturated carbocycles. The lowest BCUT2D eigenvalue weighted by Crippen LogP contribution is -2.40. The van der Waals surface area contributed by atoms with Crippen molar-refractivity contribution in [1.29, 1.82) is 0 Å². The van der Waals surface area contributed by atoms with Gasteiger partial charge in [-0.25, -0.2) is 0 Å². The van der Waals surface area contributed by atoms with Crippen molar-refractivity contribution >= 4 is 0 Å². The molecule has 0 bridgehead atoms. The van der Waals surface area contributed by atoms with Crippen molar-refractivity contribution in [2.45, 2.75) is 45.5 Å². The molecule has 3 atom stereocenters. The average Bonchev–Trinajstić information content (AvgIpc) is 3.05. The fraction of sp³-hybridized carbons (Fsp3) is 0.333. The van der Waals surface area contributed by atoms with Crippen LogP contribution < -0.4 is 37.9 Å². The lowest BCUT2D eigenvalue weighted by Gasteiger charge is -2.30. The highest BCUT2D eigenvalue weighted by atomic mass is 16.6. The van der Waals surface area contributed by atoms with Gasteiger partial charge in [0, 0.05) is 6.42 Å².